The molecule has 126 valence electrons. The van der Waals surface area contributed by atoms with E-state index in [1.54, 1.807) is 24.3 Å². The third-order valence-corrected chi connectivity index (χ3v) is 5.64. The van der Waals surface area contributed by atoms with Crippen molar-refractivity contribution in [2.45, 2.75) is 11.5 Å². The van der Waals surface area contributed by atoms with Gasteiger partial charge in [0, 0.05) is 28.7 Å². The maximum absolute atomic E-state index is 14.0. The van der Waals surface area contributed by atoms with E-state index in [0.717, 1.165) is 6.07 Å². The summed E-state index contributed by atoms with van der Waals surface area (Å²) < 4.78 is 20.2. The van der Waals surface area contributed by atoms with Crippen molar-refractivity contribution < 1.29 is 19.0 Å². The number of likely N-dealkylation sites (N-methyl/N-ethyl adjacent to an activating group) is 1. The fourth-order valence-electron chi connectivity index (χ4n) is 3.13. The molecule has 1 heterocycles. The van der Waals surface area contributed by atoms with E-state index in [-0.39, 0.29) is 21.9 Å². The molecule has 1 aliphatic heterocycles. The molecule has 3 rings (SSSR count). The number of hydrogen-bond donors (Lipinski definition) is 2. The lowest BCUT2D eigenvalue weighted by atomic mass is 9.78. The molecule has 2 aromatic carbocycles. The number of benzene rings is 2. The number of carbonyl (C=O) groups excluding carboxylic acids is 1. The van der Waals surface area contributed by atoms with E-state index in [1.807, 2.05) is 6.07 Å². The maximum atomic E-state index is 14.0. The minimum Gasteiger partial charge on any atom is -0.471 e. The predicted molar refractivity (Wildman–Crippen MR) is 91.8 cm³/mol. The van der Waals surface area contributed by atoms with Crippen molar-refractivity contribution in [2.75, 3.05) is 13.7 Å². The van der Waals surface area contributed by atoms with Crippen molar-refractivity contribution in [1.29, 1.82) is 0 Å². The summed E-state index contributed by atoms with van der Waals surface area (Å²) in [4.78, 5) is 12.8. The molecule has 0 aliphatic carbocycles. The lowest BCUT2D eigenvalue weighted by Crippen LogP contribution is -2.50. The Bertz CT molecular complexity index is 802. The summed E-state index contributed by atoms with van der Waals surface area (Å²) in [6.07, 6.45) is 0. The van der Waals surface area contributed by atoms with Gasteiger partial charge in [0.05, 0.1) is 17.5 Å². The Kier molecular flexibility index (Phi) is 4.55. The fraction of sp³-hybridized carbons (Fsp3) is 0.235. The highest BCUT2D eigenvalue weighted by Gasteiger charge is 2.56. The molecule has 4 nitrogen and oxygen atoms in total. The quantitative estimate of drug-likeness (QED) is 0.757. The van der Waals surface area contributed by atoms with Crippen LogP contribution in [0.25, 0.3) is 0 Å². The van der Waals surface area contributed by atoms with Crippen LogP contribution in [0.5, 0.6) is 5.75 Å². The highest BCUT2D eigenvalue weighted by Crippen LogP contribution is 2.54. The van der Waals surface area contributed by atoms with Crippen LogP contribution >= 0.6 is 27.5 Å². The first kappa shape index (κ1) is 17.2. The van der Waals surface area contributed by atoms with Crippen molar-refractivity contribution >= 4 is 33.4 Å². The van der Waals surface area contributed by atoms with Crippen LogP contribution in [0.15, 0.2) is 40.9 Å². The van der Waals surface area contributed by atoms with Crippen LogP contribution in [0.3, 0.4) is 0 Å². The number of halogens is 3. The Labute approximate surface area is 151 Å². The first-order valence-electron chi connectivity index (χ1n) is 7.22. The average Bonchev–Trinajstić information content (AvgIpc) is 2.94. The van der Waals surface area contributed by atoms with Crippen LogP contribution in [0.1, 0.15) is 17.0 Å². The monoisotopic (exact) mass is 413 g/mol. The van der Waals surface area contributed by atoms with Gasteiger partial charge in [0.25, 0.3) is 5.91 Å². The summed E-state index contributed by atoms with van der Waals surface area (Å²) in [6, 6.07) is 9.94. The molecular formula is C17H14BrClFNO3. The van der Waals surface area contributed by atoms with Gasteiger partial charge in [-0.05, 0) is 15.9 Å². The summed E-state index contributed by atoms with van der Waals surface area (Å²) in [7, 11) is 1.48. The molecular weight excluding hydrogens is 401 g/mol. The van der Waals surface area contributed by atoms with E-state index < -0.39 is 23.2 Å². The molecule has 0 unspecified atom stereocenters. The summed E-state index contributed by atoms with van der Waals surface area (Å²) in [5, 5.41) is 12.5. The molecule has 0 aromatic heterocycles. The smallest absolute Gasteiger partial charge is 0.269 e. The molecule has 0 saturated heterocycles. The number of amides is 1. The van der Waals surface area contributed by atoms with Gasteiger partial charge < -0.3 is 15.2 Å². The van der Waals surface area contributed by atoms with Gasteiger partial charge in [-0.1, -0.05) is 41.9 Å². The highest BCUT2D eigenvalue weighted by molar-refractivity contribution is 9.10. The van der Waals surface area contributed by atoms with Crippen molar-refractivity contribution in [2.24, 2.45) is 0 Å². The molecule has 2 aromatic rings. The number of carbonyl (C=O) groups is 1. The fourth-order valence-corrected chi connectivity index (χ4v) is 3.95. The van der Waals surface area contributed by atoms with E-state index in [4.69, 9.17) is 16.3 Å². The van der Waals surface area contributed by atoms with E-state index in [9.17, 15) is 14.3 Å². The average molecular weight is 415 g/mol. The Morgan fingerprint density at radius 1 is 1.46 bits per heavy atom. The zero-order valence-corrected chi connectivity index (χ0v) is 15.0. The van der Waals surface area contributed by atoms with Crippen molar-refractivity contribution in [3.63, 3.8) is 0 Å². The van der Waals surface area contributed by atoms with Crippen molar-refractivity contribution in [3.8, 4) is 5.75 Å². The molecule has 2 atom stereocenters. The van der Waals surface area contributed by atoms with Crippen LogP contribution in [-0.2, 0) is 10.4 Å². The minimum absolute atomic E-state index is 0.114. The Morgan fingerprint density at radius 2 is 2.12 bits per heavy atom. The first-order valence-corrected chi connectivity index (χ1v) is 8.39. The second-order valence-electron chi connectivity index (χ2n) is 5.42. The molecule has 0 fully saturated rings. The number of ether oxygens (including phenoxy) is 1. The van der Waals surface area contributed by atoms with Gasteiger partial charge in [0.1, 0.15) is 11.6 Å². The van der Waals surface area contributed by atoms with Crippen molar-refractivity contribution in [1.82, 2.24) is 5.32 Å². The zero-order chi connectivity index (χ0) is 17.5. The van der Waals surface area contributed by atoms with Gasteiger partial charge in [0.15, 0.2) is 0 Å². The number of fused-ring (bicyclic) bond motifs is 1. The van der Waals surface area contributed by atoms with Gasteiger partial charge in [-0.15, -0.1) is 0 Å². The lowest BCUT2D eigenvalue weighted by Gasteiger charge is -2.32. The van der Waals surface area contributed by atoms with Crippen molar-refractivity contribution in [3.05, 3.63) is 62.8 Å². The van der Waals surface area contributed by atoms with Crippen LogP contribution in [0.2, 0.25) is 5.02 Å². The molecule has 1 amide bonds. The summed E-state index contributed by atoms with van der Waals surface area (Å²) >= 11 is 9.24. The topological polar surface area (TPSA) is 58.6 Å². The number of aliphatic hydroxyl groups is 1. The van der Waals surface area contributed by atoms with Gasteiger partial charge in [-0.3, -0.25) is 4.79 Å². The minimum atomic E-state index is -1.51. The molecule has 1 aliphatic rings. The Balaban J connectivity index is 2.29. The van der Waals surface area contributed by atoms with E-state index in [1.165, 1.54) is 7.05 Å². The second kappa shape index (κ2) is 6.35. The molecule has 0 saturated carbocycles. The summed E-state index contributed by atoms with van der Waals surface area (Å²) in [6.45, 7) is -0.379. The molecule has 0 radical (unpaired) electrons. The lowest BCUT2D eigenvalue weighted by molar-refractivity contribution is -0.138. The normalized spacial score (nSPS) is 22.0. The summed E-state index contributed by atoms with van der Waals surface area (Å²) in [5.41, 5.74) is -0.480. The molecule has 0 spiro atoms. The van der Waals surface area contributed by atoms with Crippen LogP contribution in [0, 0.1) is 5.82 Å². The molecule has 2 N–H and O–H groups in total. The van der Waals surface area contributed by atoms with E-state index in [2.05, 4.69) is 21.2 Å². The van der Waals surface area contributed by atoms with Crippen LogP contribution in [-0.4, -0.2) is 24.7 Å². The Morgan fingerprint density at radius 3 is 2.71 bits per heavy atom. The van der Waals surface area contributed by atoms with E-state index >= 15 is 0 Å². The van der Waals surface area contributed by atoms with Gasteiger partial charge in [0.2, 0.25) is 5.60 Å². The Hall–Kier alpha value is -1.63. The van der Waals surface area contributed by atoms with Gasteiger partial charge in [-0.25, -0.2) is 4.39 Å². The predicted octanol–water partition coefficient (Wildman–Crippen LogP) is 3.35. The number of rotatable bonds is 3. The first-order chi connectivity index (χ1) is 11.5. The molecule has 24 heavy (non-hydrogen) atoms. The SMILES string of the molecule is CNC(=O)[C@]1(c2ccccc2)Oc2cc(F)c(Cl)c(Br)c2[C@@H]1CO. The van der Waals surface area contributed by atoms with Gasteiger partial charge in [-0.2, -0.15) is 0 Å². The number of aliphatic hydroxyl groups excluding tert-OH is 1. The third-order valence-electron chi connectivity index (χ3n) is 4.22. The number of hydrogen-bond acceptors (Lipinski definition) is 3. The van der Waals surface area contributed by atoms with Gasteiger partial charge >= 0.3 is 0 Å². The molecule has 7 heteroatoms. The largest absolute Gasteiger partial charge is 0.471 e. The van der Waals surface area contributed by atoms with Crippen LogP contribution in [0.4, 0.5) is 4.39 Å². The maximum Gasteiger partial charge on any atom is 0.269 e. The third kappa shape index (κ3) is 2.32. The summed E-state index contributed by atoms with van der Waals surface area (Å²) in [5.74, 6) is -1.68. The second-order valence-corrected chi connectivity index (χ2v) is 6.59. The number of nitrogens with one attached hydrogen (secondary N) is 1. The van der Waals surface area contributed by atoms with E-state index in [0.29, 0.717) is 11.1 Å². The van der Waals surface area contributed by atoms with Crippen LogP contribution < -0.4 is 10.1 Å². The standard InChI is InChI=1S/C17H14BrClFNO3/c1-21-16(23)17(9-5-3-2-4-6-9)10(8-22)13-12(24-17)7-11(20)15(19)14(13)18/h2-7,10,22H,8H2,1H3,(H,21,23)/t10-,17+/m0/s1. The zero-order valence-electron chi connectivity index (χ0n) is 12.6. The molecule has 0 bridgehead atoms. The highest BCUT2D eigenvalue weighted by atomic mass is 79.9.